The normalized spacial score (nSPS) is 27.2. The number of nitrogens with zero attached hydrogens (tertiary/aromatic N) is 2. The fourth-order valence-corrected chi connectivity index (χ4v) is 3.12. The fourth-order valence-electron chi connectivity index (χ4n) is 3.12. The van der Waals surface area contributed by atoms with Crippen LogP contribution < -0.4 is 0 Å². The van der Waals surface area contributed by atoms with Gasteiger partial charge in [-0.2, -0.15) is 0 Å². The Hall–Kier alpha value is -1.10. The number of rotatable bonds is 4. The van der Waals surface area contributed by atoms with Gasteiger partial charge in [0.2, 0.25) is 5.91 Å². The molecule has 2 atom stereocenters. The number of hydrogen-bond donors (Lipinski definition) is 0. The van der Waals surface area contributed by atoms with E-state index in [1.165, 1.54) is 19.4 Å². The molecule has 2 aliphatic rings. The van der Waals surface area contributed by atoms with Crippen LogP contribution in [0.4, 0.5) is 0 Å². The number of piperazine rings is 1. The van der Waals surface area contributed by atoms with Crippen LogP contribution in [0.1, 0.15) is 39.5 Å². The Labute approximate surface area is 114 Å². The van der Waals surface area contributed by atoms with Crippen molar-refractivity contribution in [1.82, 2.24) is 9.80 Å². The first-order chi connectivity index (χ1) is 9.11. The lowest BCUT2D eigenvalue weighted by molar-refractivity contribution is -0.147. The molecule has 0 N–H and O–H groups in total. The SMILES string of the molecule is CCOC(=O)CCC(=O)N1CC2CCCN2CC1C. The highest BCUT2D eigenvalue weighted by Crippen LogP contribution is 2.25. The van der Waals surface area contributed by atoms with Crippen molar-refractivity contribution in [2.24, 2.45) is 0 Å². The first-order valence-electron chi connectivity index (χ1n) is 7.31. The molecular formula is C14H24N2O3. The predicted molar refractivity (Wildman–Crippen MR) is 71.6 cm³/mol. The fraction of sp³-hybridized carbons (Fsp3) is 0.857. The van der Waals surface area contributed by atoms with Gasteiger partial charge in [0.15, 0.2) is 0 Å². The van der Waals surface area contributed by atoms with Crippen molar-refractivity contribution in [1.29, 1.82) is 0 Å². The van der Waals surface area contributed by atoms with E-state index in [4.69, 9.17) is 4.74 Å². The van der Waals surface area contributed by atoms with Crippen LogP contribution in [0.3, 0.4) is 0 Å². The molecule has 0 radical (unpaired) electrons. The Morgan fingerprint density at radius 3 is 2.79 bits per heavy atom. The molecule has 2 saturated heterocycles. The van der Waals surface area contributed by atoms with E-state index in [1.54, 1.807) is 6.92 Å². The lowest BCUT2D eigenvalue weighted by Crippen LogP contribution is -2.56. The minimum atomic E-state index is -0.275. The van der Waals surface area contributed by atoms with Gasteiger partial charge >= 0.3 is 5.97 Å². The van der Waals surface area contributed by atoms with E-state index in [0.29, 0.717) is 12.6 Å². The molecule has 0 aromatic heterocycles. The molecule has 108 valence electrons. The summed E-state index contributed by atoms with van der Waals surface area (Å²) >= 11 is 0. The van der Waals surface area contributed by atoms with E-state index in [1.807, 2.05) is 4.90 Å². The van der Waals surface area contributed by atoms with Gasteiger partial charge in [0.05, 0.1) is 13.0 Å². The average molecular weight is 268 g/mol. The summed E-state index contributed by atoms with van der Waals surface area (Å²) in [7, 11) is 0. The number of amides is 1. The largest absolute Gasteiger partial charge is 0.466 e. The van der Waals surface area contributed by atoms with Crippen molar-refractivity contribution < 1.29 is 14.3 Å². The van der Waals surface area contributed by atoms with Crippen molar-refractivity contribution in [2.75, 3.05) is 26.2 Å². The smallest absolute Gasteiger partial charge is 0.306 e. The predicted octanol–water partition coefficient (Wildman–Crippen LogP) is 1.02. The van der Waals surface area contributed by atoms with E-state index in [0.717, 1.165) is 13.1 Å². The zero-order chi connectivity index (χ0) is 13.8. The van der Waals surface area contributed by atoms with Gasteiger partial charge in [-0.3, -0.25) is 14.5 Å². The van der Waals surface area contributed by atoms with Crippen LogP contribution >= 0.6 is 0 Å². The summed E-state index contributed by atoms with van der Waals surface area (Å²) in [5.74, 6) is -0.185. The summed E-state index contributed by atoms with van der Waals surface area (Å²) in [4.78, 5) is 27.9. The molecule has 2 heterocycles. The highest BCUT2D eigenvalue weighted by atomic mass is 16.5. The van der Waals surface area contributed by atoms with Crippen LogP contribution in [0.25, 0.3) is 0 Å². The van der Waals surface area contributed by atoms with Crippen molar-refractivity contribution in [2.45, 2.75) is 51.6 Å². The second-order valence-electron chi connectivity index (χ2n) is 5.49. The van der Waals surface area contributed by atoms with Crippen LogP contribution in [0.2, 0.25) is 0 Å². The van der Waals surface area contributed by atoms with Gasteiger partial charge in [-0.15, -0.1) is 0 Å². The van der Waals surface area contributed by atoms with Crippen LogP contribution in [-0.2, 0) is 14.3 Å². The molecular weight excluding hydrogens is 244 g/mol. The summed E-state index contributed by atoms with van der Waals surface area (Å²) in [6.07, 6.45) is 2.90. The molecule has 2 unspecified atom stereocenters. The standard InChI is InChI=1S/C14H24N2O3/c1-3-19-14(18)7-6-13(17)16-10-12-5-4-8-15(12)9-11(16)2/h11-12H,3-10H2,1-2H3. The van der Waals surface area contributed by atoms with Crippen LogP contribution in [0.15, 0.2) is 0 Å². The molecule has 0 aliphatic carbocycles. The maximum Gasteiger partial charge on any atom is 0.306 e. The molecule has 1 amide bonds. The first kappa shape index (κ1) is 14.3. The summed E-state index contributed by atoms with van der Waals surface area (Å²) in [6.45, 7) is 7.21. The number of ether oxygens (including phenoxy) is 1. The van der Waals surface area contributed by atoms with E-state index < -0.39 is 0 Å². The van der Waals surface area contributed by atoms with Crippen LogP contribution in [0.5, 0.6) is 0 Å². The average Bonchev–Trinajstić information content (AvgIpc) is 2.82. The Balaban J connectivity index is 1.83. The van der Waals surface area contributed by atoms with Gasteiger partial charge in [-0.25, -0.2) is 0 Å². The number of hydrogen-bond acceptors (Lipinski definition) is 4. The van der Waals surface area contributed by atoms with Crippen molar-refractivity contribution in [3.8, 4) is 0 Å². The number of carbonyl (C=O) groups is 2. The minimum absolute atomic E-state index is 0.0899. The topological polar surface area (TPSA) is 49.9 Å². The summed E-state index contributed by atoms with van der Waals surface area (Å²) < 4.78 is 4.86. The second kappa shape index (κ2) is 6.37. The van der Waals surface area contributed by atoms with Crippen molar-refractivity contribution in [3.63, 3.8) is 0 Å². The Morgan fingerprint density at radius 2 is 2.05 bits per heavy atom. The zero-order valence-corrected chi connectivity index (χ0v) is 11.9. The minimum Gasteiger partial charge on any atom is -0.466 e. The third kappa shape index (κ3) is 3.47. The first-order valence-corrected chi connectivity index (χ1v) is 7.31. The molecule has 0 bridgehead atoms. The Bertz CT molecular complexity index is 346. The molecule has 0 spiro atoms. The molecule has 0 aromatic carbocycles. The van der Waals surface area contributed by atoms with Crippen molar-refractivity contribution in [3.05, 3.63) is 0 Å². The van der Waals surface area contributed by atoms with E-state index in [9.17, 15) is 9.59 Å². The third-order valence-electron chi connectivity index (χ3n) is 4.11. The molecule has 2 fully saturated rings. The summed E-state index contributed by atoms with van der Waals surface area (Å²) in [6, 6.07) is 0.784. The van der Waals surface area contributed by atoms with Crippen molar-refractivity contribution >= 4 is 11.9 Å². The molecule has 5 nitrogen and oxygen atoms in total. The zero-order valence-electron chi connectivity index (χ0n) is 11.9. The number of esters is 1. The van der Waals surface area contributed by atoms with E-state index >= 15 is 0 Å². The Morgan fingerprint density at radius 1 is 1.26 bits per heavy atom. The highest BCUT2D eigenvalue weighted by molar-refractivity contribution is 5.81. The van der Waals surface area contributed by atoms with Gasteiger partial charge in [0.1, 0.15) is 0 Å². The lowest BCUT2D eigenvalue weighted by atomic mass is 10.1. The van der Waals surface area contributed by atoms with Crippen LogP contribution in [-0.4, -0.2) is 60.0 Å². The molecule has 19 heavy (non-hydrogen) atoms. The second-order valence-corrected chi connectivity index (χ2v) is 5.49. The molecule has 2 aliphatic heterocycles. The molecule has 0 saturated carbocycles. The molecule has 2 rings (SSSR count). The number of fused-ring (bicyclic) bond motifs is 1. The highest BCUT2D eigenvalue weighted by Gasteiger charge is 2.36. The molecule has 5 heteroatoms. The molecule has 0 aromatic rings. The maximum absolute atomic E-state index is 12.2. The monoisotopic (exact) mass is 268 g/mol. The maximum atomic E-state index is 12.2. The Kier molecular flexibility index (Phi) is 4.80. The summed E-state index contributed by atoms with van der Waals surface area (Å²) in [5, 5.41) is 0. The number of carbonyl (C=O) groups excluding carboxylic acids is 2. The van der Waals surface area contributed by atoms with E-state index in [-0.39, 0.29) is 30.8 Å². The summed E-state index contributed by atoms with van der Waals surface area (Å²) in [5.41, 5.74) is 0. The quantitative estimate of drug-likeness (QED) is 0.714. The lowest BCUT2D eigenvalue weighted by Gasteiger charge is -2.42. The van der Waals surface area contributed by atoms with Gasteiger partial charge in [-0.05, 0) is 33.2 Å². The van der Waals surface area contributed by atoms with Gasteiger partial charge < -0.3 is 9.64 Å². The van der Waals surface area contributed by atoms with E-state index in [2.05, 4.69) is 11.8 Å². The van der Waals surface area contributed by atoms with Gasteiger partial charge in [0, 0.05) is 31.6 Å². The van der Waals surface area contributed by atoms with Gasteiger partial charge in [0.25, 0.3) is 0 Å². The third-order valence-corrected chi connectivity index (χ3v) is 4.11. The van der Waals surface area contributed by atoms with Gasteiger partial charge in [-0.1, -0.05) is 0 Å². The van der Waals surface area contributed by atoms with Crippen LogP contribution in [0, 0.1) is 0 Å².